The first-order chi connectivity index (χ1) is 7.15. The maximum Gasteiger partial charge on any atom is 0.137 e. The van der Waals surface area contributed by atoms with Crippen LogP contribution in [0.4, 0.5) is 4.39 Å². The first-order valence-electron chi connectivity index (χ1n) is 4.74. The van der Waals surface area contributed by atoms with Gasteiger partial charge in [0.15, 0.2) is 0 Å². The lowest BCUT2D eigenvalue weighted by atomic mass is 10.1. The van der Waals surface area contributed by atoms with E-state index in [1.165, 1.54) is 17.8 Å². The van der Waals surface area contributed by atoms with E-state index in [0.717, 1.165) is 5.75 Å². The first-order valence-corrected chi connectivity index (χ1v) is 5.73. The molecule has 1 aromatic carbocycles. The van der Waals surface area contributed by atoms with Gasteiger partial charge in [0, 0.05) is 17.8 Å². The average molecular weight is 230 g/mol. The fourth-order valence-electron chi connectivity index (χ4n) is 1.13. The Morgan fingerprint density at radius 1 is 1.53 bits per heavy atom. The van der Waals surface area contributed by atoms with Crippen LogP contribution in [0.1, 0.15) is 18.6 Å². The van der Waals surface area contributed by atoms with Gasteiger partial charge in [0.2, 0.25) is 0 Å². The normalized spacial score (nSPS) is 12.8. The number of thioether (sulfide) groups is 1. The number of methoxy groups -OCH3 is 1. The number of halogens is 1. The van der Waals surface area contributed by atoms with E-state index in [2.05, 4.69) is 0 Å². The monoisotopic (exact) mass is 230 g/mol. The van der Waals surface area contributed by atoms with Crippen molar-refractivity contribution in [3.05, 3.63) is 29.6 Å². The van der Waals surface area contributed by atoms with Crippen molar-refractivity contribution < 1.29 is 14.2 Å². The zero-order chi connectivity index (χ0) is 11.3. The van der Waals surface area contributed by atoms with Crippen molar-refractivity contribution >= 4 is 11.8 Å². The van der Waals surface area contributed by atoms with Gasteiger partial charge < -0.3 is 9.84 Å². The molecule has 0 aliphatic carbocycles. The van der Waals surface area contributed by atoms with Crippen LogP contribution in [0.15, 0.2) is 23.1 Å². The van der Waals surface area contributed by atoms with E-state index in [4.69, 9.17) is 4.74 Å². The zero-order valence-corrected chi connectivity index (χ0v) is 9.68. The summed E-state index contributed by atoms with van der Waals surface area (Å²) in [6.07, 6.45) is -0.627. The largest absolute Gasteiger partial charge is 0.389 e. The first kappa shape index (κ1) is 12.5. The molecule has 0 fully saturated rings. The van der Waals surface area contributed by atoms with Crippen molar-refractivity contribution in [3.8, 4) is 0 Å². The van der Waals surface area contributed by atoms with Crippen LogP contribution >= 0.6 is 11.8 Å². The second kappa shape index (κ2) is 6.10. The summed E-state index contributed by atoms with van der Waals surface area (Å²) in [5, 5.41) is 9.26. The third-order valence-corrected chi connectivity index (χ3v) is 3.00. The summed E-state index contributed by atoms with van der Waals surface area (Å²) in [6.45, 7) is 2.22. The lowest BCUT2D eigenvalue weighted by molar-refractivity contribution is 0.198. The molecule has 0 aliphatic rings. The van der Waals surface area contributed by atoms with Gasteiger partial charge in [-0.05, 0) is 24.6 Å². The Kier molecular flexibility index (Phi) is 5.08. The van der Waals surface area contributed by atoms with E-state index in [1.807, 2.05) is 0 Å². The van der Waals surface area contributed by atoms with Crippen LogP contribution < -0.4 is 0 Å². The number of hydrogen-bond donors (Lipinski definition) is 1. The van der Waals surface area contributed by atoms with Gasteiger partial charge >= 0.3 is 0 Å². The van der Waals surface area contributed by atoms with Gasteiger partial charge in [-0.2, -0.15) is 0 Å². The molecule has 1 rings (SSSR count). The highest BCUT2D eigenvalue weighted by Gasteiger charge is 2.06. The molecule has 15 heavy (non-hydrogen) atoms. The average Bonchev–Trinajstić information content (AvgIpc) is 2.20. The second-order valence-corrected chi connectivity index (χ2v) is 4.34. The predicted molar refractivity (Wildman–Crippen MR) is 59.6 cm³/mol. The van der Waals surface area contributed by atoms with Gasteiger partial charge in [-0.25, -0.2) is 4.39 Å². The fraction of sp³-hybridized carbons (Fsp3) is 0.455. The minimum atomic E-state index is -0.627. The summed E-state index contributed by atoms with van der Waals surface area (Å²) in [5.74, 6) is 0.441. The SMILES string of the molecule is COCCSc1ccc([C@@H](C)O)cc1F. The molecule has 2 nitrogen and oxygen atoms in total. The lowest BCUT2D eigenvalue weighted by Crippen LogP contribution is -1.95. The van der Waals surface area contributed by atoms with E-state index >= 15 is 0 Å². The molecule has 0 unspecified atom stereocenters. The van der Waals surface area contributed by atoms with Crippen LogP contribution in [0.5, 0.6) is 0 Å². The van der Waals surface area contributed by atoms with E-state index < -0.39 is 6.10 Å². The Labute approximate surface area is 93.5 Å². The fourth-order valence-corrected chi connectivity index (χ4v) is 1.96. The van der Waals surface area contributed by atoms with Gasteiger partial charge in [0.1, 0.15) is 5.82 Å². The van der Waals surface area contributed by atoms with Crippen molar-refractivity contribution in [1.29, 1.82) is 0 Å². The molecule has 0 spiro atoms. The Morgan fingerprint density at radius 3 is 2.80 bits per heavy atom. The Bertz CT molecular complexity index is 315. The lowest BCUT2D eigenvalue weighted by Gasteiger charge is -2.07. The summed E-state index contributed by atoms with van der Waals surface area (Å²) >= 11 is 1.41. The molecule has 0 aromatic heterocycles. The number of aliphatic hydroxyl groups is 1. The molecule has 84 valence electrons. The van der Waals surface area contributed by atoms with Crippen molar-refractivity contribution in [2.75, 3.05) is 19.5 Å². The smallest absolute Gasteiger partial charge is 0.137 e. The Morgan fingerprint density at radius 2 is 2.27 bits per heavy atom. The van der Waals surface area contributed by atoms with E-state index in [9.17, 15) is 9.50 Å². The van der Waals surface area contributed by atoms with Crippen LogP contribution in [0.2, 0.25) is 0 Å². The Hall–Kier alpha value is -0.580. The summed E-state index contributed by atoms with van der Waals surface area (Å²) in [6, 6.07) is 4.81. The maximum atomic E-state index is 13.5. The van der Waals surface area contributed by atoms with Crippen LogP contribution in [-0.2, 0) is 4.74 Å². The maximum absolute atomic E-state index is 13.5. The minimum absolute atomic E-state index is 0.283. The van der Waals surface area contributed by atoms with Gasteiger partial charge in [0.05, 0.1) is 12.7 Å². The molecular weight excluding hydrogens is 215 g/mol. The highest BCUT2D eigenvalue weighted by atomic mass is 32.2. The summed E-state index contributed by atoms with van der Waals surface area (Å²) in [4.78, 5) is 0.594. The van der Waals surface area contributed by atoms with Gasteiger partial charge in [0.25, 0.3) is 0 Å². The van der Waals surface area contributed by atoms with Gasteiger partial charge in [-0.1, -0.05) is 6.07 Å². The van der Waals surface area contributed by atoms with Crippen molar-refractivity contribution in [3.63, 3.8) is 0 Å². The third-order valence-electron chi connectivity index (χ3n) is 1.98. The standard InChI is InChI=1S/C11H15FO2S/c1-8(13)9-3-4-11(10(12)7-9)15-6-5-14-2/h3-4,7-8,13H,5-6H2,1-2H3/t8-/m1/s1. The zero-order valence-electron chi connectivity index (χ0n) is 8.87. The molecule has 0 saturated carbocycles. The van der Waals surface area contributed by atoms with E-state index in [-0.39, 0.29) is 5.82 Å². The van der Waals surface area contributed by atoms with E-state index in [0.29, 0.717) is 17.1 Å². The molecule has 1 atom stereocenters. The summed E-state index contributed by atoms with van der Waals surface area (Å²) in [5.41, 5.74) is 0.601. The van der Waals surface area contributed by atoms with Crippen LogP contribution in [-0.4, -0.2) is 24.6 Å². The summed E-state index contributed by atoms with van der Waals surface area (Å²) in [7, 11) is 1.62. The molecular formula is C11H15FO2S. The summed E-state index contributed by atoms with van der Waals surface area (Å²) < 4.78 is 18.3. The number of rotatable bonds is 5. The Balaban J connectivity index is 2.66. The molecule has 0 amide bonds. The van der Waals surface area contributed by atoms with Crippen molar-refractivity contribution in [2.45, 2.75) is 17.9 Å². The highest BCUT2D eigenvalue weighted by Crippen LogP contribution is 2.24. The quantitative estimate of drug-likeness (QED) is 0.623. The topological polar surface area (TPSA) is 29.5 Å². The molecule has 1 aromatic rings. The molecule has 4 heteroatoms. The van der Waals surface area contributed by atoms with Crippen LogP contribution in [0, 0.1) is 5.82 Å². The number of benzene rings is 1. The third kappa shape index (κ3) is 3.81. The highest BCUT2D eigenvalue weighted by molar-refractivity contribution is 7.99. The molecule has 0 saturated heterocycles. The van der Waals surface area contributed by atoms with Crippen LogP contribution in [0.3, 0.4) is 0 Å². The van der Waals surface area contributed by atoms with Crippen molar-refractivity contribution in [1.82, 2.24) is 0 Å². The number of hydrogen-bond acceptors (Lipinski definition) is 3. The minimum Gasteiger partial charge on any atom is -0.389 e. The molecule has 0 aliphatic heterocycles. The van der Waals surface area contributed by atoms with Gasteiger partial charge in [-0.15, -0.1) is 11.8 Å². The predicted octanol–water partition coefficient (Wildman–Crippen LogP) is 2.62. The molecule has 0 radical (unpaired) electrons. The van der Waals surface area contributed by atoms with E-state index in [1.54, 1.807) is 26.2 Å². The molecule has 1 N–H and O–H groups in total. The van der Waals surface area contributed by atoms with Crippen molar-refractivity contribution in [2.24, 2.45) is 0 Å². The number of ether oxygens (including phenoxy) is 1. The van der Waals surface area contributed by atoms with Gasteiger partial charge in [-0.3, -0.25) is 0 Å². The number of aliphatic hydroxyl groups excluding tert-OH is 1. The van der Waals surface area contributed by atoms with Crippen LogP contribution in [0.25, 0.3) is 0 Å². The molecule has 0 heterocycles. The molecule has 0 bridgehead atoms. The second-order valence-electron chi connectivity index (χ2n) is 3.21.